The maximum atomic E-state index is 12.1. The zero-order chi connectivity index (χ0) is 13.3. The fourth-order valence-corrected chi connectivity index (χ4v) is 2.72. The van der Waals surface area contributed by atoms with Gasteiger partial charge in [0.05, 0.1) is 17.3 Å². The lowest BCUT2D eigenvalue weighted by molar-refractivity contribution is -0.134. The Labute approximate surface area is 112 Å². The average molecular weight is 269 g/mol. The number of carbonyl (C=O) groups is 1. The second-order valence-corrected chi connectivity index (χ2v) is 5.03. The van der Waals surface area contributed by atoms with Gasteiger partial charge in [0.2, 0.25) is 5.91 Å². The number of likely N-dealkylation sites (N-methyl/N-ethyl adjacent to an activating group) is 1. The SMILES string of the molecule is CC1CN(C)C(=O)C(CO)N1c1ccccc1Cl. The quantitative estimate of drug-likeness (QED) is 0.881. The molecule has 2 atom stereocenters. The highest BCUT2D eigenvalue weighted by Gasteiger charge is 2.37. The van der Waals surface area contributed by atoms with E-state index in [0.717, 1.165) is 5.69 Å². The van der Waals surface area contributed by atoms with Crippen molar-refractivity contribution in [2.75, 3.05) is 25.1 Å². The lowest BCUT2D eigenvalue weighted by Gasteiger charge is -2.44. The monoisotopic (exact) mass is 268 g/mol. The standard InChI is InChI=1S/C13H17ClN2O2/c1-9-7-15(2)13(18)12(8-17)16(9)11-6-4-3-5-10(11)14/h3-6,9,12,17H,7-8H2,1-2H3. The number of piperazine rings is 1. The Morgan fingerprint density at radius 1 is 1.44 bits per heavy atom. The Balaban J connectivity index is 2.41. The van der Waals surface area contributed by atoms with E-state index >= 15 is 0 Å². The summed E-state index contributed by atoms with van der Waals surface area (Å²) in [5.41, 5.74) is 0.798. The van der Waals surface area contributed by atoms with Crippen molar-refractivity contribution < 1.29 is 9.90 Å². The molecule has 1 aliphatic heterocycles. The van der Waals surface area contributed by atoms with Gasteiger partial charge in [0.25, 0.3) is 0 Å². The van der Waals surface area contributed by atoms with Crippen molar-refractivity contribution in [2.45, 2.75) is 19.0 Å². The van der Waals surface area contributed by atoms with Gasteiger partial charge in [-0.05, 0) is 19.1 Å². The first-order valence-corrected chi connectivity index (χ1v) is 6.32. The summed E-state index contributed by atoms with van der Waals surface area (Å²) in [5.74, 6) is -0.0736. The largest absolute Gasteiger partial charge is 0.394 e. The number of hydrogen-bond acceptors (Lipinski definition) is 3. The average Bonchev–Trinajstić information content (AvgIpc) is 2.34. The topological polar surface area (TPSA) is 43.8 Å². The molecule has 1 fully saturated rings. The molecule has 0 aromatic heterocycles. The van der Waals surface area contributed by atoms with Crippen LogP contribution in [0, 0.1) is 0 Å². The zero-order valence-corrected chi connectivity index (χ0v) is 11.3. The van der Waals surface area contributed by atoms with Gasteiger partial charge in [0, 0.05) is 19.6 Å². The number of aliphatic hydroxyl groups excluding tert-OH is 1. The number of hydrogen-bond donors (Lipinski definition) is 1. The smallest absolute Gasteiger partial charge is 0.247 e. The molecule has 98 valence electrons. The number of rotatable bonds is 2. The molecule has 1 aliphatic rings. The van der Waals surface area contributed by atoms with Crippen molar-refractivity contribution in [2.24, 2.45) is 0 Å². The highest BCUT2D eigenvalue weighted by molar-refractivity contribution is 6.33. The number of amides is 1. The summed E-state index contributed by atoms with van der Waals surface area (Å²) in [4.78, 5) is 15.6. The minimum Gasteiger partial charge on any atom is -0.394 e. The Kier molecular flexibility index (Phi) is 3.78. The van der Waals surface area contributed by atoms with Crippen LogP contribution in [0.1, 0.15) is 6.92 Å². The van der Waals surface area contributed by atoms with Gasteiger partial charge in [-0.1, -0.05) is 23.7 Å². The fourth-order valence-electron chi connectivity index (χ4n) is 2.49. The van der Waals surface area contributed by atoms with Crippen LogP contribution in [0.3, 0.4) is 0 Å². The van der Waals surface area contributed by atoms with Crippen molar-refractivity contribution in [1.82, 2.24) is 4.90 Å². The minimum absolute atomic E-state index is 0.0736. The molecule has 18 heavy (non-hydrogen) atoms. The predicted octanol–water partition coefficient (Wildman–Crippen LogP) is 1.37. The van der Waals surface area contributed by atoms with Crippen molar-refractivity contribution in [3.05, 3.63) is 29.3 Å². The number of nitrogens with zero attached hydrogens (tertiary/aromatic N) is 2. The second-order valence-electron chi connectivity index (χ2n) is 4.62. The number of halogens is 1. The molecular weight excluding hydrogens is 252 g/mol. The third-order valence-electron chi connectivity index (χ3n) is 3.31. The van der Waals surface area contributed by atoms with E-state index in [1.165, 1.54) is 0 Å². The van der Waals surface area contributed by atoms with E-state index in [9.17, 15) is 9.90 Å². The van der Waals surface area contributed by atoms with Crippen LogP contribution in [0.25, 0.3) is 0 Å². The maximum absolute atomic E-state index is 12.1. The molecule has 0 aliphatic carbocycles. The van der Waals surface area contributed by atoms with E-state index in [2.05, 4.69) is 0 Å². The predicted molar refractivity (Wildman–Crippen MR) is 71.9 cm³/mol. The molecule has 4 nitrogen and oxygen atoms in total. The molecule has 0 bridgehead atoms. The van der Waals surface area contributed by atoms with Crippen LogP contribution in [0.4, 0.5) is 5.69 Å². The van der Waals surface area contributed by atoms with Gasteiger partial charge in [-0.25, -0.2) is 0 Å². The highest BCUT2D eigenvalue weighted by atomic mass is 35.5. The first kappa shape index (κ1) is 13.2. The minimum atomic E-state index is -0.557. The van der Waals surface area contributed by atoms with E-state index in [0.29, 0.717) is 11.6 Å². The number of benzene rings is 1. The molecule has 1 amide bonds. The molecule has 5 heteroatoms. The van der Waals surface area contributed by atoms with Crippen LogP contribution in [0.2, 0.25) is 5.02 Å². The van der Waals surface area contributed by atoms with Crippen molar-refractivity contribution in [3.63, 3.8) is 0 Å². The van der Waals surface area contributed by atoms with Crippen LogP contribution < -0.4 is 4.90 Å². The summed E-state index contributed by atoms with van der Waals surface area (Å²) < 4.78 is 0. The summed E-state index contributed by atoms with van der Waals surface area (Å²) in [6.45, 7) is 2.44. The lowest BCUT2D eigenvalue weighted by atomic mass is 10.1. The Morgan fingerprint density at radius 3 is 2.72 bits per heavy atom. The number of anilines is 1. The first-order chi connectivity index (χ1) is 8.56. The highest BCUT2D eigenvalue weighted by Crippen LogP contribution is 2.31. The summed E-state index contributed by atoms with van der Waals surface area (Å²) in [5, 5.41) is 10.1. The van der Waals surface area contributed by atoms with Gasteiger partial charge in [0.15, 0.2) is 0 Å². The number of aliphatic hydroxyl groups is 1. The van der Waals surface area contributed by atoms with Crippen molar-refractivity contribution in [1.29, 1.82) is 0 Å². The third-order valence-corrected chi connectivity index (χ3v) is 3.63. The summed E-state index contributed by atoms with van der Waals surface area (Å²) in [7, 11) is 1.76. The van der Waals surface area contributed by atoms with E-state index in [4.69, 9.17) is 11.6 Å². The van der Waals surface area contributed by atoms with E-state index in [-0.39, 0.29) is 18.6 Å². The van der Waals surface area contributed by atoms with Crippen molar-refractivity contribution >= 4 is 23.2 Å². The van der Waals surface area contributed by atoms with Gasteiger partial charge >= 0.3 is 0 Å². The van der Waals surface area contributed by atoms with Gasteiger partial charge in [-0.2, -0.15) is 0 Å². The Bertz CT molecular complexity index is 452. The van der Waals surface area contributed by atoms with Crippen LogP contribution in [0.5, 0.6) is 0 Å². The molecule has 0 saturated carbocycles. The van der Waals surface area contributed by atoms with Crippen LogP contribution in [-0.4, -0.2) is 48.2 Å². The first-order valence-electron chi connectivity index (χ1n) is 5.95. The van der Waals surface area contributed by atoms with Crippen LogP contribution in [0.15, 0.2) is 24.3 Å². The molecule has 1 heterocycles. The molecule has 1 aromatic rings. The zero-order valence-electron chi connectivity index (χ0n) is 10.5. The molecule has 1 N–H and O–H groups in total. The normalized spacial score (nSPS) is 24.6. The molecule has 2 rings (SSSR count). The van der Waals surface area contributed by atoms with Crippen LogP contribution >= 0.6 is 11.6 Å². The molecule has 1 aromatic carbocycles. The van der Waals surface area contributed by atoms with Gasteiger partial charge in [-0.3, -0.25) is 4.79 Å². The second kappa shape index (κ2) is 5.16. The van der Waals surface area contributed by atoms with Crippen LogP contribution in [-0.2, 0) is 4.79 Å². The van der Waals surface area contributed by atoms with Crippen molar-refractivity contribution in [3.8, 4) is 0 Å². The maximum Gasteiger partial charge on any atom is 0.247 e. The van der Waals surface area contributed by atoms with E-state index < -0.39 is 6.04 Å². The number of carbonyl (C=O) groups excluding carboxylic acids is 1. The van der Waals surface area contributed by atoms with Gasteiger partial charge in [-0.15, -0.1) is 0 Å². The molecular formula is C13H17ClN2O2. The molecule has 0 radical (unpaired) electrons. The van der Waals surface area contributed by atoms with Gasteiger partial charge < -0.3 is 14.9 Å². The Hall–Kier alpha value is -1.26. The third kappa shape index (κ3) is 2.18. The summed E-state index contributed by atoms with van der Waals surface area (Å²) in [6, 6.07) is 6.96. The Morgan fingerprint density at radius 2 is 2.11 bits per heavy atom. The molecule has 2 unspecified atom stereocenters. The molecule has 1 saturated heterocycles. The van der Waals surface area contributed by atoms with E-state index in [1.807, 2.05) is 30.0 Å². The summed E-state index contributed by atoms with van der Waals surface area (Å²) >= 11 is 6.18. The molecule has 0 spiro atoms. The summed E-state index contributed by atoms with van der Waals surface area (Å²) in [6.07, 6.45) is 0. The lowest BCUT2D eigenvalue weighted by Crippen LogP contribution is -2.61. The van der Waals surface area contributed by atoms with E-state index in [1.54, 1.807) is 18.0 Å². The number of para-hydroxylation sites is 1. The van der Waals surface area contributed by atoms with Gasteiger partial charge in [0.1, 0.15) is 6.04 Å². The fraction of sp³-hybridized carbons (Fsp3) is 0.462.